The Kier molecular flexibility index (Phi) is 3.76. The number of hydrogen-bond acceptors (Lipinski definition) is 7. The van der Waals surface area contributed by atoms with Crippen LogP contribution in [0.2, 0.25) is 0 Å². The summed E-state index contributed by atoms with van der Waals surface area (Å²) in [7, 11) is -3.04. The first-order valence-corrected chi connectivity index (χ1v) is 10.5. The summed E-state index contributed by atoms with van der Waals surface area (Å²) in [5.74, 6) is 2.40. The Morgan fingerprint density at radius 2 is 2.17 bits per heavy atom. The topological polar surface area (TPSA) is 68.2 Å². The van der Waals surface area contributed by atoms with Crippen molar-refractivity contribution >= 4 is 32.5 Å². The van der Waals surface area contributed by atoms with Gasteiger partial charge in [-0.2, -0.15) is 0 Å². The van der Waals surface area contributed by atoms with E-state index in [1.807, 2.05) is 30.0 Å². The van der Waals surface area contributed by atoms with Crippen LogP contribution in [0.5, 0.6) is 11.5 Å². The molecule has 3 heterocycles. The van der Waals surface area contributed by atoms with Crippen LogP contribution in [0.1, 0.15) is 6.92 Å². The van der Waals surface area contributed by atoms with Gasteiger partial charge >= 0.3 is 0 Å². The molecule has 0 saturated carbocycles. The van der Waals surface area contributed by atoms with E-state index in [1.54, 1.807) is 11.8 Å². The molecule has 1 aromatic rings. The molecule has 0 unspecified atom stereocenters. The summed E-state index contributed by atoms with van der Waals surface area (Å²) in [4.78, 5) is 6.71. The monoisotopic (exact) mass is 366 g/mol. The summed E-state index contributed by atoms with van der Waals surface area (Å²) in [6, 6.07) is 5.33. The van der Waals surface area contributed by atoms with Gasteiger partial charge < -0.3 is 14.4 Å². The Bertz CT molecular complexity index is 834. The highest BCUT2D eigenvalue weighted by molar-refractivity contribution is 8.14. The zero-order chi connectivity index (χ0) is 16.9. The standard InChI is InChI=1S/C16H18N2O4S2/c1-10(2)6-23-16-17-12-7-24(19,20)8-13(12)18(16)11-3-4-14-15(5-11)22-9-21-14/h3-5,12-13H,1,6-9H2,2H3/t12-,13+/m0/s1. The predicted molar refractivity (Wildman–Crippen MR) is 96.0 cm³/mol. The summed E-state index contributed by atoms with van der Waals surface area (Å²) >= 11 is 1.59. The summed E-state index contributed by atoms with van der Waals surface area (Å²) < 4.78 is 34.9. The molecule has 0 radical (unpaired) electrons. The van der Waals surface area contributed by atoms with Crippen LogP contribution in [0.25, 0.3) is 0 Å². The minimum Gasteiger partial charge on any atom is -0.454 e. The van der Waals surface area contributed by atoms with Crippen molar-refractivity contribution in [3.05, 3.63) is 30.4 Å². The Morgan fingerprint density at radius 1 is 1.38 bits per heavy atom. The molecular formula is C16H18N2O4S2. The van der Waals surface area contributed by atoms with Gasteiger partial charge in [-0.15, -0.1) is 0 Å². The van der Waals surface area contributed by atoms with E-state index < -0.39 is 9.84 Å². The molecule has 1 fully saturated rings. The van der Waals surface area contributed by atoms with Crippen molar-refractivity contribution in [1.82, 2.24) is 0 Å². The van der Waals surface area contributed by atoms with E-state index in [1.165, 1.54) is 0 Å². The number of nitrogens with zero attached hydrogens (tertiary/aromatic N) is 2. The third kappa shape index (κ3) is 2.77. The number of aliphatic imine (C=N–C) groups is 1. The molecule has 128 valence electrons. The summed E-state index contributed by atoms with van der Waals surface area (Å²) in [6.07, 6.45) is 0. The lowest BCUT2D eigenvalue weighted by molar-refractivity contribution is 0.174. The van der Waals surface area contributed by atoms with Crippen LogP contribution >= 0.6 is 11.8 Å². The zero-order valence-electron chi connectivity index (χ0n) is 13.3. The molecule has 8 heteroatoms. The van der Waals surface area contributed by atoms with Crippen molar-refractivity contribution in [3.63, 3.8) is 0 Å². The maximum absolute atomic E-state index is 12.0. The van der Waals surface area contributed by atoms with Gasteiger partial charge in [0.05, 0.1) is 23.6 Å². The van der Waals surface area contributed by atoms with Crippen LogP contribution in [-0.4, -0.2) is 49.7 Å². The Balaban J connectivity index is 1.69. The molecule has 3 aliphatic heterocycles. The zero-order valence-corrected chi connectivity index (χ0v) is 14.9. The van der Waals surface area contributed by atoms with Gasteiger partial charge in [-0.3, -0.25) is 4.99 Å². The molecule has 0 N–H and O–H groups in total. The van der Waals surface area contributed by atoms with Gasteiger partial charge in [0, 0.05) is 17.5 Å². The largest absolute Gasteiger partial charge is 0.454 e. The quantitative estimate of drug-likeness (QED) is 0.763. The second-order valence-corrected chi connectivity index (χ2v) is 9.37. The second-order valence-electron chi connectivity index (χ2n) is 6.28. The normalized spacial score (nSPS) is 26.4. The van der Waals surface area contributed by atoms with Crippen LogP contribution in [0.4, 0.5) is 5.69 Å². The number of thioether (sulfide) groups is 1. The number of rotatable bonds is 3. The average Bonchev–Trinajstić information content (AvgIpc) is 3.15. The van der Waals surface area contributed by atoms with Crippen LogP contribution in [-0.2, 0) is 9.84 Å². The lowest BCUT2D eigenvalue weighted by Crippen LogP contribution is -2.39. The van der Waals surface area contributed by atoms with Crippen LogP contribution < -0.4 is 14.4 Å². The number of benzene rings is 1. The molecule has 6 nitrogen and oxygen atoms in total. The van der Waals surface area contributed by atoms with Gasteiger partial charge in [0.25, 0.3) is 0 Å². The number of anilines is 1. The lowest BCUT2D eigenvalue weighted by atomic mass is 10.1. The SMILES string of the molecule is C=C(C)CSC1=N[C@H]2CS(=O)(=O)C[C@H]2N1c1ccc2c(c1)OCO2. The third-order valence-corrected chi connectivity index (χ3v) is 7.09. The van der Waals surface area contributed by atoms with Gasteiger partial charge in [0.1, 0.15) is 0 Å². The first kappa shape index (κ1) is 15.8. The Morgan fingerprint density at radius 3 is 2.96 bits per heavy atom. The second kappa shape index (κ2) is 5.70. The predicted octanol–water partition coefficient (Wildman–Crippen LogP) is 2.07. The van der Waals surface area contributed by atoms with Crippen molar-refractivity contribution in [2.24, 2.45) is 4.99 Å². The fraction of sp³-hybridized carbons (Fsp3) is 0.438. The van der Waals surface area contributed by atoms with Crippen molar-refractivity contribution in [3.8, 4) is 11.5 Å². The van der Waals surface area contributed by atoms with Crippen molar-refractivity contribution in [2.75, 3.05) is 29.0 Å². The number of hydrogen-bond donors (Lipinski definition) is 0. The summed E-state index contributed by atoms with van der Waals surface area (Å²) in [5, 5.41) is 0.849. The fourth-order valence-electron chi connectivity index (χ4n) is 3.16. The van der Waals surface area contributed by atoms with Gasteiger partial charge in [-0.05, 0) is 19.1 Å². The highest BCUT2D eigenvalue weighted by atomic mass is 32.2. The minimum absolute atomic E-state index is 0.121. The summed E-state index contributed by atoms with van der Waals surface area (Å²) in [6.45, 7) is 6.11. The van der Waals surface area contributed by atoms with Crippen molar-refractivity contribution in [2.45, 2.75) is 19.0 Å². The molecule has 3 aliphatic rings. The first-order chi connectivity index (χ1) is 11.4. The molecule has 0 aromatic heterocycles. The highest BCUT2D eigenvalue weighted by Crippen LogP contribution is 2.40. The van der Waals surface area contributed by atoms with Gasteiger partial charge in [0.15, 0.2) is 26.5 Å². The summed E-state index contributed by atoms with van der Waals surface area (Å²) in [5.41, 5.74) is 1.94. The number of sulfone groups is 1. The minimum atomic E-state index is -3.04. The van der Waals surface area contributed by atoms with E-state index in [-0.39, 0.29) is 30.4 Å². The van der Waals surface area contributed by atoms with E-state index in [0.717, 1.165) is 22.2 Å². The average molecular weight is 366 g/mol. The molecular weight excluding hydrogens is 348 g/mol. The van der Waals surface area contributed by atoms with E-state index >= 15 is 0 Å². The number of ether oxygens (including phenoxy) is 2. The molecule has 24 heavy (non-hydrogen) atoms. The van der Waals surface area contributed by atoms with Crippen LogP contribution in [0.15, 0.2) is 35.3 Å². The Labute approximate surface area is 145 Å². The molecule has 1 aromatic carbocycles. The van der Waals surface area contributed by atoms with E-state index in [2.05, 4.69) is 11.6 Å². The van der Waals surface area contributed by atoms with Gasteiger partial charge in [-0.1, -0.05) is 23.9 Å². The fourth-order valence-corrected chi connectivity index (χ4v) is 5.97. The van der Waals surface area contributed by atoms with E-state index in [9.17, 15) is 8.42 Å². The van der Waals surface area contributed by atoms with E-state index in [4.69, 9.17) is 9.47 Å². The molecule has 4 rings (SSSR count). The van der Waals surface area contributed by atoms with E-state index in [0.29, 0.717) is 11.5 Å². The van der Waals surface area contributed by atoms with Crippen LogP contribution in [0.3, 0.4) is 0 Å². The number of fused-ring (bicyclic) bond motifs is 2. The van der Waals surface area contributed by atoms with Gasteiger partial charge in [-0.25, -0.2) is 8.42 Å². The number of amidine groups is 1. The lowest BCUT2D eigenvalue weighted by Gasteiger charge is -2.26. The smallest absolute Gasteiger partial charge is 0.231 e. The molecule has 0 bridgehead atoms. The molecule has 1 saturated heterocycles. The first-order valence-electron chi connectivity index (χ1n) is 7.67. The highest BCUT2D eigenvalue weighted by Gasteiger charge is 2.47. The maximum Gasteiger partial charge on any atom is 0.231 e. The third-order valence-electron chi connectivity index (χ3n) is 4.19. The van der Waals surface area contributed by atoms with Crippen molar-refractivity contribution < 1.29 is 17.9 Å². The molecule has 0 aliphatic carbocycles. The molecule has 0 spiro atoms. The molecule has 0 amide bonds. The van der Waals surface area contributed by atoms with Gasteiger partial charge in [0.2, 0.25) is 6.79 Å². The van der Waals surface area contributed by atoms with Crippen LogP contribution in [0, 0.1) is 0 Å². The van der Waals surface area contributed by atoms with Crippen molar-refractivity contribution in [1.29, 1.82) is 0 Å². The Hall–Kier alpha value is -1.67. The maximum atomic E-state index is 12.0. The molecule has 2 atom stereocenters.